The number of urea groups is 1. The fraction of sp³-hybridized carbons (Fsp3) is 0.667. The van der Waals surface area contributed by atoms with E-state index >= 15 is 0 Å². The van der Waals surface area contributed by atoms with E-state index in [1.807, 2.05) is 11.8 Å². The summed E-state index contributed by atoms with van der Waals surface area (Å²) in [7, 11) is 1.60. The Bertz CT molecular complexity index is 642. The van der Waals surface area contributed by atoms with Crippen LogP contribution in [0.2, 0.25) is 0 Å². The van der Waals surface area contributed by atoms with Gasteiger partial charge >= 0.3 is 6.03 Å². The number of pyridine rings is 1. The van der Waals surface area contributed by atoms with Gasteiger partial charge in [0, 0.05) is 39.5 Å². The summed E-state index contributed by atoms with van der Waals surface area (Å²) >= 11 is 0. The van der Waals surface area contributed by atoms with Crippen LogP contribution in [0.25, 0.3) is 0 Å². The number of nitrogens with zero attached hydrogens (tertiary/aromatic N) is 2. The Labute approximate surface area is 158 Å². The Morgan fingerprint density at radius 2 is 2.22 bits per heavy atom. The van der Waals surface area contributed by atoms with Gasteiger partial charge in [-0.15, -0.1) is 0 Å². The average molecular weight is 382 g/mol. The van der Waals surface area contributed by atoms with Crippen LogP contribution in [0.1, 0.15) is 18.9 Å². The molecule has 2 aliphatic rings. The number of halogens is 1. The molecule has 1 aliphatic heterocycles. The van der Waals surface area contributed by atoms with Crippen LogP contribution in [-0.2, 0) is 20.8 Å². The third-order valence-electron chi connectivity index (χ3n) is 4.86. The van der Waals surface area contributed by atoms with Gasteiger partial charge in [-0.25, -0.2) is 14.2 Å². The van der Waals surface area contributed by atoms with Gasteiger partial charge in [0.2, 0.25) is 0 Å². The Morgan fingerprint density at radius 1 is 1.44 bits per heavy atom. The quantitative estimate of drug-likeness (QED) is 0.733. The number of methoxy groups -OCH3 is 1. The number of rotatable bonds is 7. The predicted molar refractivity (Wildman–Crippen MR) is 97.2 cm³/mol. The van der Waals surface area contributed by atoms with Crippen molar-refractivity contribution in [1.82, 2.24) is 15.6 Å². The summed E-state index contributed by atoms with van der Waals surface area (Å²) in [6.45, 7) is 5.11. The number of morpholine rings is 1. The second-order valence-electron chi connectivity index (χ2n) is 6.61. The first kappa shape index (κ1) is 19.8. The predicted octanol–water partition coefficient (Wildman–Crippen LogP) is 1.05. The number of nitrogens with one attached hydrogen (secondary N) is 2. The van der Waals surface area contributed by atoms with Crippen molar-refractivity contribution in [2.45, 2.75) is 38.1 Å². The summed E-state index contributed by atoms with van der Waals surface area (Å²) in [5, 5.41) is 5.59. The van der Waals surface area contributed by atoms with Crippen LogP contribution in [0, 0.1) is 5.82 Å². The van der Waals surface area contributed by atoms with Crippen molar-refractivity contribution < 1.29 is 23.4 Å². The monoisotopic (exact) mass is 382 g/mol. The minimum Gasteiger partial charge on any atom is -0.378 e. The SMILES string of the molecule is CCOC1CC(NC(=O)NCc2cnc(N3CCOCC3)c(F)c2)C1OC. The van der Waals surface area contributed by atoms with E-state index in [1.54, 1.807) is 13.3 Å². The number of hydrogen-bond donors (Lipinski definition) is 2. The van der Waals surface area contributed by atoms with Crippen LogP contribution < -0.4 is 15.5 Å². The molecule has 1 aromatic rings. The summed E-state index contributed by atoms with van der Waals surface area (Å²) in [5.41, 5.74) is 0.601. The van der Waals surface area contributed by atoms with Crippen molar-refractivity contribution in [3.05, 3.63) is 23.6 Å². The van der Waals surface area contributed by atoms with E-state index in [4.69, 9.17) is 14.2 Å². The third-order valence-corrected chi connectivity index (χ3v) is 4.86. The largest absolute Gasteiger partial charge is 0.378 e. The zero-order valence-electron chi connectivity index (χ0n) is 15.7. The molecule has 8 nitrogen and oxygen atoms in total. The highest BCUT2D eigenvalue weighted by atomic mass is 19.1. The molecule has 3 unspecified atom stereocenters. The number of carbonyl (C=O) groups is 1. The molecule has 2 N–H and O–H groups in total. The Kier molecular flexibility index (Phi) is 6.81. The molecule has 9 heteroatoms. The van der Waals surface area contributed by atoms with Crippen LogP contribution in [0.4, 0.5) is 15.0 Å². The molecule has 1 aromatic heterocycles. The minimum atomic E-state index is -0.394. The lowest BCUT2D eigenvalue weighted by molar-refractivity contribution is -0.128. The lowest BCUT2D eigenvalue weighted by Gasteiger charge is -2.43. The molecule has 0 aromatic carbocycles. The third kappa shape index (κ3) is 4.85. The lowest BCUT2D eigenvalue weighted by Crippen LogP contribution is -2.62. The first-order chi connectivity index (χ1) is 13.1. The standard InChI is InChI=1S/C18H27FN4O4/c1-3-27-15-9-14(16(15)25-2)22-18(24)21-11-12-8-13(19)17(20-10-12)23-4-6-26-7-5-23/h8,10,14-16H,3-7,9,11H2,1-2H3,(H2,21,22,24). The first-order valence-corrected chi connectivity index (χ1v) is 9.28. The molecule has 2 heterocycles. The summed E-state index contributed by atoms with van der Waals surface area (Å²) in [6.07, 6.45) is 2.16. The summed E-state index contributed by atoms with van der Waals surface area (Å²) < 4.78 is 30.5. The van der Waals surface area contributed by atoms with E-state index < -0.39 is 5.82 Å². The molecule has 1 saturated carbocycles. The van der Waals surface area contributed by atoms with Crippen LogP contribution in [-0.4, -0.2) is 69.3 Å². The van der Waals surface area contributed by atoms with E-state index in [0.29, 0.717) is 50.7 Å². The molecule has 0 radical (unpaired) electrons. The van der Waals surface area contributed by atoms with Crippen LogP contribution in [0.15, 0.2) is 12.3 Å². The molecule has 2 fully saturated rings. The van der Waals surface area contributed by atoms with Crippen molar-refractivity contribution in [3.63, 3.8) is 0 Å². The van der Waals surface area contributed by atoms with Crippen LogP contribution in [0.3, 0.4) is 0 Å². The van der Waals surface area contributed by atoms with Crippen LogP contribution >= 0.6 is 0 Å². The first-order valence-electron chi connectivity index (χ1n) is 9.28. The minimum absolute atomic E-state index is 0.0105. The molecule has 1 saturated heterocycles. The Hall–Kier alpha value is -1.97. The van der Waals surface area contributed by atoms with Gasteiger partial charge < -0.3 is 29.7 Å². The van der Waals surface area contributed by atoms with Gasteiger partial charge in [-0.2, -0.15) is 0 Å². The highest BCUT2D eigenvalue weighted by molar-refractivity contribution is 5.74. The number of hydrogen-bond acceptors (Lipinski definition) is 6. The highest BCUT2D eigenvalue weighted by Gasteiger charge is 2.42. The van der Waals surface area contributed by atoms with Crippen molar-refractivity contribution >= 4 is 11.8 Å². The van der Waals surface area contributed by atoms with E-state index in [0.717, 1.165) is 0 Å². The zero-order valence-corrected chi connectivity index (χ0v) is 15.7. The molecule has 3 atom stereocenters. The van der Waals surface area contributed by atoms with E-state index in [-0.39, 0.29) is 30.8 Å². The van der Waals surface area contributed by atoms with E-state index in [1.165, 1.54) is 6.07 Å². The van der Waals surface area contributed by atoms with Crippen LogP contribution in [0.5, 0.6) is 0 Å². The van der Waals surface area contributed by atoms with Gasteiger partial charge in [-0.05, 0) is 25.0 Å². The maximum absolute atomic E-state index is 14.3. The summed E-state index contributed by atoms with van der Waals surface area (Å²) in [6, 6.07) is 0.990. The van der Waals surface area contributed by atoms with Crippen molar-refractivity contribution in [1.29, 1.82) is 0 Å². The smallest absolute Gasteiger partial charge is 0.315 e. The number of ether oxygens (including phenoxy) is 3. The maximum atomic E-state index is 14.3. The second-order valence-corrected chi connectivity index (χ2v) is 6.61. The van der Waals surface area contributed by atoms with Gasteiger partial charge in [-0.3, -0.25) is 0 Å². The summed E-state index contributed by atoms with van der Waals surface area (Å²) in [4.78, 5) is 18.2. The van der Waals surface area contributed by atoms with Crippen molar-refractivity contribution in [2.75, 3.05) is 44.9 Å². The lowest BCUT2D eigenvalue weighted by atomic mass is 9.85. The molecule has 27 heavy (non-hydrogen) atoms. The fourth-order valence-corrected chi connectivity index (χ4v) is 3.39. The van der Waals surface area contributed by atoms with Crippen molar-refractivity contribution in [3.8, 4) is 0 Å². The van der Waals surface area contributed by atoms with Crippen molar-refractivity contribution in [2.24, 2.45) is 0 Å². The summed E-state index contributed by atoms with van der Waals surface area (Å²) in [5.74, 6) is -0.0690. The number of carbonyl (C=O) groups excluding carboxylic acids is 1. The molecule has 0 bridgehead atoms. The van der Waals surface area contributed by atoms with Gasteiger partial charge in [0.1, 0.15) is 6.10 Å². The average Bonchev–Trinajstić information content (AvgIpc) is 2.66. The highest BCUT2D eigenvalue weighted by Crippen LogP contribution is 2.26. The molecule has 0 spiro atoms. The number of anilines is 1. The van der Waals surface area contributed by atoms with Gasteiger partial charge in [0.25, 0.3) is 0 Å². The Balaban J connectivity index is 1.47. The molecule has 150 valence electrons. The van der Waals surface area contributed by atoms with E-state index in [9.17, 15) is 9.18 Å². The number of aromatic nitrogens is 1. The molecular weight excluding hydrogens is 355 g/mol. The topological polar surface area (TPSA) is 85.0 Å². The number of amides is 2. The second kappa shape index (κ2) is 9.29. The fourth-order valence-electron chi connectivity index (χ4n) is 3.39. The maximum Gasteiger partial charge on any atom is 0.315 e. The van der Waals surface area contributed by atoms with Gasteiger partial charge in [-0.1, -0.05) is 0 Å². The molecular formula is C18H27FN4O4. The molecule has 1 aliphatic carbocycles. The molecule has 2 amide bonds. The van der Waals surface area contributed by atoms with Gasteiger partial charge in [0.15, 0.2) is 11.6 Å². The van der Waals surface area contributed by atoms with E-state index in [2.05, 4.69) is 15.6 Å². The van der Waals surface area contributed by atoms with Gasteiger partial charge in [0.05, 0.1) is 25.4 Å². The zero-order chi connectivity index (χ0) is 19.2. The normalized spacial score (nSPS) is 25.0. The Morgan fingerprint density at radius 3 is 2.89 bits per heavy atom. The molecule has 3 rings (SSSR count).